The molecule has 2 aromatic carbocycles. The Kier molecular flexibility index (Phi) is 8.55. The molecule has 6 nitrogen and oxygen atoms in total. The highest BCUT2D eigenvalue weighted by Gasteiger charge is 2.70. The number of nitriles is 1. The Balaban J connectivity index is 1.35. The lowest BCUT2D eigenvalue weighted by atomic mass is 9.90. The highest BCUT2D eigenvalue weighted by atomic mass is 19.4. The van der Waals surface area contributed by atoms with Crippen molar-refractivity contribution in [2.45, 2.75) is 51.2 Å². The number of nitrogens with zero attached hydrogens (tertiary/aromatic N) is 4. The monoisotopic (exact) mass is 585 g/mol. The van der Waals surface area contributed by atoms with Crippen LogP contribution < -0.4 is 5.32 Å². The molecule has 0 aromatic heterocycles. The quantitative estimate of drug-likeness (QED) is 0.376. The highest BCUT2D eigenvalue weighted by Crippen LogP contribution is 2.69. The zero-order valence-electron chi connectivity index (χ0n) is 24.4. The van der Waals surface area contributed by atoms with Crippen molar-refractivity contribution >= 4 is 11.7 Å². The van der Waals surface area contributed by atoms with E-state index >= 15 is 0 Å². The van der Waals surface area contributed by atoms with E-state index in [1.807, 2.05) is 12.1 Å². The van der Waals surface area contributed by atoms with Gasteiger partial charge in [0.2, 0.25) is 0 Å². The van der Waals surface area contributed by atoms with Crippen molar-refractivity contribution in [3.63, 3.8) is 0 Å². The number of hydrogen-bond donors (Lipinski definition) is 1. The number of nitrogens with one attached hydrogen (secondary N) is 1. The van der Waals surface area contributed by atoms with Crippen LogP contribution >= 0.6 is 0 Å². The first-order valence-corrected chi connectivity index (χ1v) is 14.8. The van der Waals surface area contributed by atoms with E-state index < -0.39 is 23.6 Å². The molecule has 42 heavy (non-hydrogen) atoms. The second-order valence-corrected chi connectivity index (χ2v) is 12.5. The van der Waals surface area contributed by atoms with Crippen molar-refractivity contribution in [1.29, 1.82) is 5.26 Å². The molecule has 5 rings (SSSR count). The van der Waals surface area contributed by atoms with Crippen LogP contribution in [0, 0.1) is 34.9 Å². The topological polar surface area (TPSA) is 62.6 Å². The molecule has 1 saturated heterocycles. The summed E-state index contributed by atoms with van der Waals surface area (Å²) in [4.78, 5) is 20.4. The van der Waals surface area contributed by atoms with Gasteiger partial charge in [-0.05, 0) is 66.5 Å². The van der Waals surface area contributed by atoms with Crippen LogP contribution in [0.4, 0.5) is 28.0 Å². The van der Waals surface area contributed by atoms with E-state index in [1.165, 1.54) is 6.07 Å². The van der Waals surface area contributed by atoms with Crippen molar-refractivity contribution in [2.24, 2.45) is 17.8 Å². The third kappa shape index (κ3) is 6.00. The molecule has 3 fully saturated rings. The van der Waals surface area contributed by atoms with Crippen LogP contribution in [0.15, 0.2) is 42.5 Å². The van der Waals surface area contributed by atoms with Gasteiger partial charge in [-0.25, -0.2) is 9.18 Å². The summed E-state index contributed by atoms with van der Waals surface area (Å²) in [6, 6.07) is 11.9. The number of amides is 2. The number of rotatable bonds is 8. The second-order valence-electron chi connectivity index (χ2n) is 12.5. The van der Waals surface area contributed by atoms with Crippen molar-refractivity contribution in [3.8, 4) is 6.07 Å². The van der Waals surface area contributed by atoms with Crippen molar-refractivity contribution in [1.82, 2.24) is 14.7 Å². The smallest absolute Gasteiger partial charge is 0.320 e. The molecular formula is C32H39F4N5O. The van der Waals surface area contributed by atoms with E-state index in [2.05, 4.69) is 48.0 Å². The molecule has 3 aliphatic rings. The molecule has 226 valence electrons. The van der Waals surface area contributed by atoms with Crippen LogP contribution in [0.2, 0.25) is 0 Å². The van der Waals surface area contributed by atoms with Crippen LogP contribution in [-0.4, -0.2) is 72.6 Å². The van der Waals surface area contributed by atoms with Gasteiger partial charge < -0.3 is 15.1 Å². The molecule has 4 atom stereocenters. The van der Waals surface area contributed by atoms with Gasteiger partial charge in [0.25, 0.3) is 0 Å². The Hall–Kier alpha value is -3.16. The maximum absolute atomic E-state index is 13.9. The van der Waals surface area contributed by atoms with E-state index in [0.29, 0.717) is 36.6 Å². The van der Waals surface area contributed by atoms with Crippen LogP contribution in [-0.2, 0) is 11.6 Å². The first-order valence-electron chi connectivity index (χ1n) is 14.8. The third-order valence-electron chi connectivity index (χ3n) is 9.56. The molecule has 2 aromatic rings. The Morgan fingerprint density at radius 2 is 1.86 bits per heavy atom. The number of piperazine rings is 1. The molecule has 2 aliphatic carbocycles. The van der Waals surface area contributed by atoms with E-state index in [1.54, 1.807) is 11.0 Å². The number of anilines is 1. The molecule has 2 saturated carbocycles. The summed E-state index contributed by atoms with van der Waals surface area (Å²) in [7, 11) is 0. The highest BCUT2D eigenvalue weighted by molar-refractivity contribution is 5.90. The van der Waals surface area contributed by atoms with Gasteiger partial charge >= 0.3 is 12.2 Å². The Morgan fingerprint density at radius 1 is 1.14 bits per heavy atom. The molecule has 0 bridgehead atoms. The molecule has 0 radical (unpaired) electrons. The number of fused-ring (bicyclic) bond motifs is 1. The van der Waals surface area contributed by atoms with Crippen LogP contribution in [0.3, 0.4) is 0 Å². The molecular weight excluding hydrogens is 546 g/mol. The minimum Gasteiger partial charge on any atom is -0.320 e. The summed E-state index contributed by atoms with van der Waals surface area (Å²) in [5, 5.41) is 12.1. The Bertz CT molecular complexity index is 1330. The third-order valence-corrected chi connectivity index (χ3v) is 9.56. The summed E-state index contributed by atoms with van der Waals surface area (Å²) in [6.45, 7) is 12.4. The van der Waals surface area contributed by atoms with E-state index in [-0.39, 0.29) is 23.1 Å². The van der Waals surface area contributed by atoms with Crippen molar-refractivity contribution < 1.29 is 22.4 Å². The maximum atomic E-state index is 13.9. The fourth-order valence-corrected chi connectivity index (χ4v) is 7.53. The predicted octanol–water partition coefficient (Wildman–Crippen LogP) is 6.19. The molecule has 2 amide bonds. The summed E-state index contributed by atoms with van der Waals surface area (Å²) in [5.41, 5.74) is 0.0930. The maximum Gasteiger partial charge on any atom is 0.419 e. The summed E-state index contributed by atoms with van der Waals surface area (Å²) < 4.78 is 54.0. The van der Waals surface area contributed by atoms with Crippen LogP contribution in [0.25, 0.3) is 0 Å². The average molecular weight is 586 g/mol. The van der Waals surface area contributed by atoms with Gasteiger partial charge in [0.1, 0.15) is 5.82 Å². The second kappa shape index (κ2) is 11.8. The minimum absolute atomic E-state index is 0.0872. The van der Waals surface area contributed by atoms with Crippen molar-refractivity contribution in [3.05, 3.63) is 65.0 Å². The van der Waals surface area contributed by atoms with Gasteiger partial charge in [-0.15, -0.1) is 0 Å². The van der Waals surface area contributed by atoms with E-state index in [0.717, 1.165) is 57.2 Å². The number of alkyl halides is 3. The number of halogens is 4. The van der Waals surface area contributed by atoms with E-state index in [4.69, 9.17) is 0 Å². The lowest BCUT2D eigenvalue weighted by Gasteiger charge is -2.38. The van der Waals surface area contributed by atoms with E-state index in [9.17, 15) is 27.6 Å². The molecule has 1 aliphatic heterocycles. The molecule has 1 N–H and O–H groups in total. The number of benzene rings is 2. The Morgan fingerprint density at radius 3 is 2.50 bits per heavy atom. The SMILES string of the molecule is CC(C)CN1CCN(CCN(C(=O)Nc2ccc(F)c(C(F)(F)F)c2)[C@@H]2CC[C@@]3(c4cccc(C#N)c4)[C@@H]2[C@H]3C)CC1. The minimum atomic E-state index is -4.87. The Labute approximate surface area is 245 Å². The number of urea groups is 1. The lowest BCUT2D eigenvalue weighted by molar-refractivity contribution is -0.139. The van der Waals surface area contributed by atoms with Crippen LogP contribution in [0.5, 0.6) is 0 Å². The van der Waals surface area contributed by atoms with Gasteiger partial charge in [0.05, 0.1) is 17.2 Å². The van der Waals surface area contributed by atoms with Gasteiger partial charge in [-0.3, -0.25) is 4.90 Å². The van der Waals surface area contributed by atoms with Gasteiger partial charge in [0, 0.05) is 63.0 Å². The van der Waals surface area contributed by atoms with Crippen molar-refractivity contribution in [2.75, 3.05) is 51.1 Å². The standard InChI is InChI=1S/C32H39F4N5O/c1-21(2)20-40-13-11-39(12-14-40)15-16-41(30(42)38-25-7-8-27(33)26(18-25)32(34,35)36)28-9-10-31(22(3)29(28)31)24-6-4-5-23(17-24)19-37/h4-8,17-18,21-22,28-29H,9-16,20H2,1-3H3,(H,38,42)/t22-,28-,29-,31-/m1/s1. The summed E-state index contributed by atoms with van der Waals surface area (Å²) in [5.74, 6) is -0.306. The summed E-state index contributed by atoms with van der Waals surface area (Å²) in [6.07, 6.45) is -3.24. The first kappa shape index (κ1) is 30.3. The number of carbonyl (C=O) groups excluding carboxylic acids is 1. The molecule has 1 heterocycles. The lowest BCUT2D eigenvalue weighted by Crippen LogP contribution is -2.51. The first-order chi connectivity index (χ1) is 19.9. The fourth-order valence-electron chi connectivity index (χ4n) is 7.53. The fraction of sp³-hybridized carbons (Fsp3) is 0.562. The van der Waals surface area contributed by atoms with Crippen LogP contribution in [0.1, 0.15) is 50.3 Å². The average Bonchev–Trinajstić information content (AvgIpc) is 3.33. The van der Waals surface area contributed by atoms with Gasteiger partial charge in [0.15, 0.2) is 0 Å². The number of carbonyl (C=O) groups is 1. The zero-order valence-corrected chi connectivity index (χ0v) is 24.4. The van der Waals surface area contributed by atoms with Gasteiger partial charge in [-0.1, -0.05) is 32.9 Å². The largest absolute Gasteiger partial charge is 0.419 e. The molecule has 0 spiro atoms. The molecule has 0 unspecified atom stereocenters. The summed E-state index contributed by atoms with van der Waals surface area (Å²) >= 11 is 0. The number of hydrogen-bond acceptors (Lipinski definition) is 4. The van der Waals surface area contributed by atoms with Gasteiger partial charge in [-0.2, -0.15) is 18.4 Å². The molecule has 10 heteroatoms. The predicted molar refractivity (Wildman–Crippen MR) is 153 cm³/mol. The normalized spacial score (nSPS) is 26.1. The zero-order chi connectivity index (χ0) is 30.2.